The molecule has 0 aromatic heterocycles. The summed E-state index contributed by atoms with van der Waals surface area (Å²) in [6.07, 6.45) is 1.44. The molecule has 0 bridgehead atoms. The Morgan fingerprint density at radius 1 is 0.875 bits per heavy atom. The number of hydrogen-bond acceptors (Lipinski definition) is 2. The van der Waals surface area contributed by atoms with Crippen molar-refractivity contribution in [2.75, 3.05) is 0 Å². The molecule has 2 aromatic rings. The van der Waals surface area contributed by atoms with Gasteiger partial charge in [-0.15, -0.1) is 0 Å². The predicted octanol–water partition coefficient (Wildman–Crippen LogP) is 2.59. The number of para-hydroxylation sites is 1. The number of rotatable bonds is 0. The van der Waals surface area contributed by atoms with Crippen LogP contribution in [0.3, 0.4) is 0 Å². The maximum Gasteiger partial charge on any atom is 0.241 e. The van der Waals surface area contributed by atoms with Crippen molar-refractivity contribution in [1.29, 1.82) is 0 Å². The maximum absolute atomic E-state index is 11.4. The first-order chi connectivity index (χ1) is 7.84. The van der Waals surface area contributed by atoms with Crippen molar-refractivity contribution in [3.63, 3.8) is 0 Å². The van der Waals surface area contributed by atoms with Crippen LogP contribution in [0, 0.1) is 5.21 Å². The Morgan fingerprint density at radius 2 is 1.56 bits per heavy atom. The van der Waals surface area contributed by atoms with Crippen molar-refractivity contribution in [3.8, 4) is 16.9 Å². The molecule has 0 N–H and O–H groups in total. The van der Waals surface area contributed by atoms with Gasteiger partial charge in [0.25, 0.3) is 0 Å². The second kappa shape index (κ2) is 3.38. The van der Waals surface area contributed by atoms with Gasteiger partial charge in [-0.25, -0.2) is 0 Å². The minimum absolute atomic E-state index is 0.491. The van der Waals surface area contributed by atoms with E-state index in [1.165, 1.54) is 6.21 Å². The summed E-state index contributed by atoms with van der Waals surface area (Å²) < 4.78 is 0. The van der Waals surface area contributed by atoms with Gasteiger partial charge >= 0.3 is 0 Å². The Hall–Kier alpha value is -2.29. The molecule has 16 heavy (non-hydrogen) atoms. The Balaban J connectivity index is 2.34. The van der Waals surface area contributed by atoms with Gasteiger partial charge in [-0.3, -0.25) is 5.21 Å². The van der Waals surface area contributed by atoms with Crippen molar-refractivity contribution >= 4 is 6.21 Å². The van der Waals surface area contributed by atoms with E-state index in [-0.39, 0.29) is 0 Å². The molecule has 0 saturated carbocycles. The quantitative estimate of drug-likeness (QED) is 0.628. The summed E-state index contributed by atoms with van der Waals surface area (Å²) >= 11 is 0. The Bertz CT molecular complexity index is 576. The molecule has 78 valence electrons. The van der Waals surface area contributed by atoms with Gasteiger partial charge in [0.1, 0.15) is 0 Å². The molecule has 3 nitrogen and oxygen atoms in total. The van der Waals surface area contributed by atoms with E-state index in [4.69, 9.17) is 4.84 Å². The zero-order chi connectivity index (χ0) is 11.0. The topological polar surface area (TPSA) is 35.3 Å². The van der Waals surface area contributed by atoms with Crippen LogP contribution in [0.15, 0.2) is 48.5 Å². The Kier molecular flexibility index (Phi) is 1.90. The molecule has 2 aromatic carbocycles. The minimum atomic E-state index is 0.491. The summed E-state index contributed by atoms with van der Waals surface area (Å²) in [5, 5.41) is 11.4. The van der Waals surface area contributed by atoms with Gasteiger partial charge in [-0.2, -0.15) is 0 Å². The second-order valence-corrected chi connectivity index (χ2v) is 3.59. The lowest BCUT2D eigenvalue weighted by Crippen LogP contribution is -2.08. The minimum Gasteiger partial charge on any atom is -0.367 e. The van der Waals surface area contributed by atoms with Crippen LogP contribution in [-0.4, -0.2) is 11.1 Å². The third kappa shape index (κ3) is 1.34. The summed E-state index contributed by atoms with van der Waals surface area (Å²) in [7, 11) is 0. The van der Waals surface area contributed by atoms with Crippen molar-refractivity contribution in [2.45, 2.75) is 0 Å². The lowest BCUT2D eigenvalue weighted by atomic mass is 10.00. The summed E-state index contributed by atoms with van der Waals surface area (Å²) in [6, 6.07) is 15.2. The zero-order valence-electron chi connectivity index (χ0n) is 8.46. The van der Waals surface area contributed by atoms with Gasteiger partial charge in [0, 0.05) is 10.5 Å². The first-order valence-corrected chi connectivity index (χ1v) is 5.02. The van der Waals surface area contributed by atoms with Crippen molar-refractivity contribution in [1.82, 2.24) is 0 Å². The molecule has 1 aliphatic heterocycles. The molecule has 1 heterocycles. The molecule has 0 saturated heterocycles. The standard InChI is InChI=1S/C13H9NO2/c15-14-9-10-5-1-2-6-11(10)12-7-3-4-8-13(12)16-14/h1-9H. The highest BCUT2D eigenvalue weighted by Crippen LogP contribution is 2.33. The van der Waals surface area contributed by atoms with Crippen LogP contribution in [0.25, 0.3) is 11.1 Å². The van der Waals surface area contributed by atoms with Crippen LogP contribution in [-0.2, 0) is 0 Å². The lowest BCUT2D eigenvalue weighted by Gasteiger charge is -2.08. The molecule has 0 amide bonds. The van der Waals surface area contributed by atoms with E-state index >= 15 is 0 Å². The molecule has 1 aliphatic rings. The first kappa shape index (κ1) is 8.97. The Morgan fingerprint density at radius 3 is 2.44 bits per heavy atom. The monoisotopic (exact) mass is 211 g/mol. The van der Waals surface area contributed by atoms with Crippen molar-refractivity contribution < 1.29 is 9.74 Å². The Labute approximate surface area is 92.8 Å². The molecule has 0 unspecified atom stereocenters. The van der Waals surface area contributed by atoms with Gasteiger partial charge in [-0.05, 0) is 17.7 Å². The summed E-state index contributed by atoms with van der Waals surface area (Å²) in [6.45, 7) is 0. The van der Waals surface area contributed by atoms with E-state index in [0.717, 1.165) is 16.7 Å². The molecule has 0 atom stereocenters. The summed E-state index contributed by atoms with van der Waals surface area (Å²) in [4.78, 5) is 5.65. The predicted molar refractivity (Wildman–Crippen MR) is 61.3 cm³/mol. The van der Waals surface area contributed by atoms with Crippen LogP contribution in [0.2, 0.25) is 0 Å². The normalized spacial score (nSPS) is 12.9. The van der Waals surface area contributed by atoms with Gasteiger partial charge < -0.3 is 4.84 Å². The number of fused-ring (bicyclic) bond motifs is 3. The molecule has 3 heteroatoms. The second-order valence-electron chi connectivity index (χ2n) is 3.59. The average Bonchev–Trinajstić information content (AvgIpc) is 2.44. The fourth-order valence-corrected chi connectivity index (χ4v) is 1.86. The first-order valence-electron chi connectivity index (χ1n) is 5.02. The van der Waals surface area contributed by atoms with Gasteiger partial charge in [0.05, 0.1) is 11.3 Å². The third-order valence-corrected chi connectivity index (χ3v) is 2.57. The van der Waals surface area contributed by atoms with Crippen molar-refractivity contribution in [2.24, 2.45) is 0 Å². The highest BCUT2D eigenvalue weighted by molar-refractivity contribution is 5.90. The highest BCUT2D eigenvalue weighted by Gasteiger charge is 2.14. The summed E-state index contributed by atoms with van der Waals surface area (Å²) in [5.74, 6) is 0.582. The number of nitrogens with zero attached hydrogens (tertiary/aromatic N) is 1. The highest BCUT2D eigenvalue weighted by atomic mass is 16.9. The molecular formula is C13H9NO2. The lowest BCUT2D eigenvalue weighted by molar-refractivity contribution is -0.689. The van der Waals surface area contributed by atoms with Crippen LogP contribution in [0.4, 0.5) is 0 Å². The fourth-order valence-electron chi connectivity index (χ4n) is 1.86. The smallest absolute Gasteiger partial charge is 0.241 e. The third-order valence-electron chi connectivity index (χ3n) is 2.57. The van der Waals surface area contributed by atoms with E-state index in [0.29, 0.717) is 10.7 Å². The average molecular weight is 211 g/mol. The largest absolute Gasteiger partial charge is 0.367 e. The molecule has 0 aliphatic carbocycles. The van der Waals surface area contributed by atoms with Gasteiger partial charge in [-0.1, -0.05) is 36.4 Å². The zero-order valence-corrected chi connectivity index (χ0v) is 8.46. The maximum atomic E-state index is 11.4. The van der Waals surface area contributed by atoms with E-state index in [2.05, 4.69) is 0 Å². The van der Waals surface area contributed by atoms with Gasteiger partial charge in [0.15, 0.2) is 0 Å². The van der Waals surface area contributed by atoms with Crippen LogP contribution in [0.5, 0.6) is 5.75 Å². The van der Waals surface area contributed by atoms with E-state index in [9.17, 15) is 5.21 Å². The van der Waals surface area contributed by atoms with Crippen LogP contribution in [0.1, 0.15) is 5.56 Å². The summed E-state index contributed by atoms with van der Waals surface area (Å²) in [5.41, 5.74) is 2.81. The van der Waals surface area contributed by atoms with Crippen LogP contribution >= 0.6 is 0 Å². The molecule has 3 rings (SSSR count). The number of hydrogen-bond donors (Lipinski definition) is 0. The van der Waals surface area contributed by atoms with E-state index in [1.807, 2.05) is 42.5 Å². The molecule has 0 spiro atoms. The van der Waals surface area contributed by atoms with Gasteiger partial charge in [0.2, 0.25) is 6.21 Å². The fraction of sp³-hybridized carbons (Fsp3) is 0. The van der Waals surface area contributed by atoms with E-state index < -0.39 is 0 Å². The van der Waals surface area contributed by atoms with E-state index in [1.54, 1.807) is 6.07 Å². The van der Waals surface area contributed by atoms with Crippen molar-refractivity contribution in [3.05, 3.63) is 59.3 Å². The van der Waals surface area contributed by atoms with Crippen LogP contribution < -0.4 is 4.84 Å². The molecular weight excluding hydrogens is 202 g/mol. The molecule has 0 radical (unpaired) electrons. The SMILES string of the molecule is [O-][N+]1=Cc2ccccc2-c2ccccc2O1. The molecule has 0 fully saturated rings. The number of benzene rings is 2.